The number of nitrogens with zero attached hydrogens (tertiary/aromatic N) is 3. The zero-order chi connectivity index (χ0) is 32.0. The normalized spacial score (nSPS) is 11.4. The SMILES string of the molecule is Clc1cc(-c2ccc(-c3nc(-c4ccccc4)nc(-c4ccc(-c5ccc6ccccc6c5)cc4)n3)cc2)c2c(c1)oc1ccccc12. The van der Waals surface area contributed by atoms with Gasteiger partial charge in [0.2, 0.25) is 0 Å². The molecule has 0 bridgehead atoms. The molecule has 9 rings (SSSR count). The summed E-state index contributed by atoms with van der Waals surface area (Å²) in [6.07, 6.45) is 0. The Kier molecular flexibility index (Phi) is 6.81. The summed E-state index contributed by atoms with van der Waals surface area (Å²) in [5.41, 5.74) is 8.70. The Bertz CT molecular complexity index is 2610. The molecule has 9 aromatic rings. The zero-order valence-corrected chi connectivity index (χ0v) is 26.4. The molecule has 0 fully saturated rings. The summed E-state index contributed by atoms with van der Waals surface area (Å²) in [6, 6.07) is 53.7. The maximum Gasteiger partial charge on any atom is 0.164 e. The van der Waals surface area contributed by atoms with E-state index in [2.05, 4.69) is 97.1 Å². The second-order valence-electron chi connectivity index (χ2n) is 11.8. The van der Waals surface area contributed by atoms with E-state index in [1.165, 1.54) is 16.3 Å². The first-order chi connectivity index (χ1) is 23.7. The van der Waals surface area contributed by atoms with E-state index in [-0.39, 0.29) is 0 Å². The molecule has 0 aliphatic heterocycles. The highest BCUT2D eigenvalue weighted by molar-refractivity contribution is 6.32. The van der Waals surface area contributed by atoms with Crippen LogP contribution >= 0.6 is 11.6 Å². The van der Waals surface area contributed by atoms with Crippen molar-refractivity contribution in [2.45, 2.75) is 0 Å². The number of benzene rings is 7. The molecule has 5 heteroatoms. The van der Waals surface area contributed by atoms with Gasteiger partial charge in [0.15, 0.2) is 17.5 Å². The molecule has 2 aromatic heterocycles. The van der Waals surface area contributed by atoms with Crippen LogP contribution in [0.5, 0.6) is 0 Å². The van der Waals surface area contributed by atoms with Crippen molar-refractivity contribution in [2.75, 3.05) is 0 Å². The summed E-state index contributed by atoms with van der Waals surface area (Å²) in [5.74, 6) is 1.85. The minimum atomic E-state index is 0.606. The van der Waals surface area contributed by atoms with E-state index in [4.69, 9.17) is 31.0 Å². The fourth-order valence-electron chi connectivity index (χ4n) is 6.38. The van der Waals surface area contributed by atoms with Gasteiger partial charge in [0.1, 0.15) is 11.2 Å². The van der Waals surface area contributed by atoms with Gasteiger partial charge in [-0.05, 0) is 51.2 Å². The Morgan fingerprint density at radius 1 is 0.396 bits per heavy atom. The second kappa shape index (κ2) is 11.6. The summed E-state index contributed by atoms with van der Waals surface area (Å²) in [5, 5.41) is 5.18. The van der Waals surface area contributed by atoms with E-state index in [9.17, 15) is 0 Å². The first kappa shape index (κ1) is 28.1. The van der Waals surface area contributed by atoms with Crippen LogP contribution in [-0.2, 0) is 0 Å². The number of hydrogen-bond acceptors (Lipinski definition) is 4. The Hall–Kier alpha value is -6.10. The van der Waals surface area contributed by atoms with E-state index >= 15 is 0 Å². The predicted molar refractivity (Wildman–Crippen MR) is 197 cm³/mol. The third-order valence-corrected chi connectivity index (χ3v) is 9.01. The number of aromatic nitrogens is 3. The summed E-state index contributed by atoms with van der Waals surface area (Å²) in [7, 11) is 0. The van der Waals surface area contributed by atoms with Gasteiger partial charge >= 0.3 is 0 Å². The molecule has 7 aromatic carbocycles. The summed E-state index contributed by atoms with van der Waals surface area (Å²) in [4.78, 5) is 14.8. The third kappa shape index (κ3) is 5.09. The van der Waals surface area contributed by atoms with Crippen molar-refractivity contribution >= 4 is 44.3 Å². The maximum atomic E-state index is 6.56. The van der Waals surface area contributed by atoms with Crippen LogP contribution in [0.25, 0.3) is 89.1 Å². The van der Waals surface area contributed by atoms with E-state index in [1.54, 1.807) is 0 Å². The summed E-state index contributed by atoms with van der Waals surface area (Å²) >= 11 is 6.56. The maximum absolute atomic E-state index is 6.56. The zero-order valence-electron chi connectivity index (χ0n) is 25.6. The monoisotopic (exact) mass is 635 g/mol. The molecule has 0 saturated carbocycles. The third-order valence-electron chi connectivity index (χ3n) is 8.79. The smallest absolute Gasteiger partial charge is 0.164 e. The fourth-order valence-corrected chi connectivity index (χ4v) is 6.59. The molecule has 48 heavy (non-hydrogen) atoms. The molecule has 0 spiro atoms. The Morgan fingerprint density at radius 3 is 1.65 bits per heavy atom. The van der Waals surface area contributed by atoms with Crippen LogP contribution < -0.4 is 0 Å². The lowest BCUT2D eigenvalue weighted by Crippen LogP contribution is -2.00. The molecule has 0 atom stereocenters. The molecule has 0 saturated heterocycles. The van der Waals surface area contributed by atoms with Gasteiger partial charge in [-0.3, -0.25) is 0 Å². The average Bonchev–Trinajstić information content (AvgIpc) is 3.53. The highest BCUT2D eigenvalue weighted by Crippen LogP contribution is 2.39. The number of furan rings is 1. The molecule has 0 aliphatic rings. The number of para-hydroxylation sites is 1. The van der Waals surface area contributed by atoms with Crippen LogP contribution in [0.4, 0.5) is 0 Å². The van der Waals surface area contributed by atoms with Crippen LogP contribution in [0.2, 0.25) is 5.02 Å². The Balaban J connectivity index is 1.11. The van der Waals surface area contributed by atoms with Crippen molar-refractivity contribution in [1.29, 1.82) is 0 Å². The number of hydrogen-bond donors (Lipinski definition) is 0. The summed E-state index contributed by atoms with van der Waals surface area (Å²) < 4.78 is 6.14. The molecule has 0 radical (unpaired) electrons. The molecule has 2 heterocycles. The highest BCUT2D eigenvalue weighted by atomic mass is 35.5. The van der Waals surface area contributed by atoms with Crippen LogP contribution in [0.15, 0.2) is 162 Å². The van der Waals surface area contributed by atoms with Crippen molar-refractivity contribution in [3.63, 3.8) is 0 Å². The average molecular weight is 636 g/mol. The Labute approximate surface area is 282 Å². The molecule has 0 amide bonds. The largest absolute Gasteiger partial charge is 0.456 e. The van der Waals surface area contributed by atoms with Crippen LogP contribution in [0, 0.1) is 0 Å². The van der Waals surface area contributed by atoms with Crippen molar-refractivity contribution in [1.82, 2.24) is 15.0 Å². The molecular weight excluding hydrogens is 610 g/mol. The quantitative estimate of drug-likeness (QED) is 0.189. The van der Waals surface area contributed by atoms with Crippen molar-refractivity contribution in [2.24, 2.45) is 0 Å². The van der Waals surface area contributed by atoms with Crippen molar-refractivity contribution in [3.8, 4) is 56.4 Å². The van der Waals surface area contributed by atoms with Gasteiger partial charge in [0.05, 0.1) is 0 Å². The fraction of sp³-hybridized carbons (Fsp3) is 0. The van der Waals surface area contributed by atoms with E-state index in [0.717, 1.165) is 55.3 Å². The van der Waals surface area contributed by atoms with E-state index in [1.807, 2.05) is 60.7 Å². The lowest BCUT2D eigenvalue weighted by Gasteiger charge is -2.10. The lowest BCUT2D eigenvalue weighted by molar-refractivity contribution is 0.669. The van der Waals surface area contributed by atoms with Crippen LogP contribution in [0.1, 0.15) is 0 Å². The van der Waals surface area contributed by atoms with Crippen molar-refractivity contribution < 1.29 is 4.42 Å². The van der Waals surface area contributed by atoms with Gasteiger partial charge < -0.3 is 4.42 Å². The molecule has 0 N–H and O–H groups in total. The molecule has 0 unspecified atom stereocenters. The Morgan fingerprint density at radius 2 is 0.938 bits per heavy atom. The molecular formula is C43H26ClN3O. The minimum absolute atomic E-state index is 0.606. The predicted octanol–water partition coefficient (Wildman–Crippen LogP) is 11.9. The molecule has 4 nitrogen and oxygen atoms in total. The topological polar surface area (TPSA) is 51.8 Å². The van der Waals surface area contributed by atoms with Gasteiger partial charge in [-0.2, -0.15) is 0 Å². The molecule has 0 aliphatic carbocycles. The number of fused-ring (bicyclic) bond motifs is 4. The van der Waals surface area contributed by atoms with Gasteiger partial charge in [0, 0.05) is 38.6 Å². The summed E-state index contributed by atoms with van der Waals surface area (Å²) in [6.45, 7) is 0. The lowest BCUT2D eigenvalue weighted by atomic mass is 9.98. The standard InChI is InChI=1S/C43H26ClN3O/c44-35-25-37(40-36-12-6-7-13-38(36)48-39(40)26-35)29-17-21-32(22-18-29)43-46-41(30-9-2-1-3-10-30)45-42(47-43)31-19-14-28(15-20-31)34-23-16-27-8-4-5-11-33(27)24-34/h1-26H. The van der Waals surface area contributed by atoms with E-state index < -0.39 is 0 Å². The number of halogens is 1. The van der Waals surface area contributed by atoms with Gasteiger partial charge in [-0.1, -0.05) is 145 Å². The van der Waals surface area contributed by atoms with Gasteiger partial charge in [0.25, 0.3) is 0 Å². The van der Waals surface area contributed by atoms with Gasteiger partial charge in [-0.15, -0.1) is 0 Å². The van der Waals surface area contributed by atoms with Crippen molar-refractivity contribution in [3.05, 3.63) is 163 Å². The first-order valence-corrected chi connectivity index (χ1v) is 16.2. The first-order valence-electron chi connectivity index (χ1n) is 15.8. The molecule has 226 valence electrons. The number of rotatable bonds is 5. The van der Waals surface area contributed by atoms with Crippen LogP contribution in [0.3, 0.4) is 0 Å². The minimum Gasteiger partial charge on any atom is -0.456 e. The second-order valence-corrected chi connectivity index (χ2v) is 12.3. The van der Waals surface area contributed by atoms with Crippen LogP contribution in [-0.4, -0.2) is 15.0 Å². The van der Waals surface area contributed by atoms with E-state index in [0.29, 0.717) is 22.5 Å². The highest BCUT2D eigenvalue weighted by Gasteiger charge is 2.16. The van der Waals surface area contributed by atoms with Gasteiger partial charge in [-0.25, -0.2) is 15.0 Å².